The molecule has 2 N–H and O–H groups in total. The zero-order valence-corrected chi connectivity index (χ0v) is 13.7. The SMILES string of the molecule is Cl.NC1CCN(S(=O)(=O)c2ccc(Cl)c(C(F)(F)F)c2)CC1. The molecule has 0 radical (unpaired) electrons. The highest BCUT2D eigenvalue weighted by Crippen LogP contribution is 2.36. The lowest BCUT2D eigenvalue weighted by Gasteiger charge is -2.29. The predicted octanol–water partition coefficient (Wildman–Crippen LogP) is 2.89. The molecule has 1 fully saturated rings. The van der Waals surface area contributed by atoms with E-state index >= 15 is 0 Å². The Balaban J connectivity index is 0.00000242. The standard InChI is InChI=1S/C12H14ClF3N2O2S.ClH/c13-11-2-1-9(7-10(11)12(14,15)16)21(19,20)18-5-3-8(17)4-6-18;/h1-2,7-8H,3-6,17H2;1H. The van der Waals surface area contributed by atoms with Crippen molar-refractivity contribution in [3.05, 3.63) is 28.8 Å². The maximum absolute atomic E-state index is 12.8. The zero-order chi connectivity index (χ0) is 15.8. The zero-order valence-electron chi connectivity index (χ0n) is 11.3. The molecule has 0 aliphatic carbocycles. The molecule has 2 rings (SSSR count). The topological polar surface area (TPSA) is 63.4 Å². The molecule has 1 aromatic rings. The molecule has 0 aromatic heterocycles. The highest BCUT2D eigenvalue weighted by atomic mass is 35.5. The summed E-state index contributed by atoms with van der Waals surface area (Å²) in [6.07, 6.45) is -3.73. The molecule has 126 valence electrons. The van der Waals surface area contributed by atoms with Crippen molar-refractivity contribution in [3.63, 3.8) is 0 Å². The number of piperidine rings is 1. The minimum Gasteiger partial charge on any atom is -0.328 e. The van der Waals surface area contributed by atoms with Crippen LogP contribution in [-0.2, 0) is 16.2 Å². The number of hydrogen-bond donors (Lipinski definition) is 1. The van der Waals surface area contributed by atoms with Crippen molar-refractivity contribution in [1.29, 1.82) is 0 Å². The van der Waals surface area contributed by atoms with E-state index in [-0.39, 0.29) is 31.5 Å². The summed E-state index contributed by atoms with van der Waals surface area (Å²) in [4.78, 5) is -0.408. The average molecular weight is 379 g/mol. The molecule has 0 amide bonds. The second kappa shape index (κ2) is 6.92. The minimum absolute atomic E-state index is 0. The van der Waals surface area contributed by atoms with Crippen LogP contribution < -0.4 is 5.73 Å². The Bertz CT molecular complexity index is 630. The molecule has 22 heavy (non-hydrogen) atoms. The minimum atomic E-state index is -4.70. The first-order valence-electron chi connectivity index (χ1n) is 6.25. The van der Waals surface area contributed by atoms with Crippen molar-refractivity contribution in [2.45, 2.75) is 30.0 Å². The first-order chi connectivity index (χ1) is 9.62. The number of hydrogen-bond acceptors (Lipinski definition) is 3. The predicted molar refractivity (Wildman–Crippen MR) is 79.7 cm³/mol. The summed E-state index contributed by atoms with van der Waals surface area (Å²) in [6.45, 7) is 0.404. The van der Waals surface area contributed by atoms with Crippen LogP contribution in [0.3, 0.4) is 0 Å². The molecule has 1 aromatic carbocycles. The van der Waals surface area contributed by atoms with Crippen LogP contribution in [0.2, 0.25) is 5.02 Å². The molecule has 0 unspecified atom stereocenters. The lowest BCUT2D eigenvalue weighted by atomic mass is 10.1. The fourth-order valence-electron chi connectivity index (χ4n) is 2.15. The second-order valence-corrected chi connectivity index (χ2v) is 7.23. The number of nitrogens with two attached hydrogens (primary N) is 1. The van der Waals surface area contributed by atoms with Gasteiger partial charge in [0.2, 0.25) is 10.0 Å². The third-order valence-electron chi connectivity index (χ3n) is 3.38. The lowest BCUT2D eigenvalue weighted by molar-refractivity contribution is -0.137. The van der Waals surface area contributed by atoms with Gasteiger partial charge in [0.1, 0.15) is 0 Å². The third kappa shape index (κ3) is 4.05. The van der Waals surface area contributed by atoms with Crippen LogP contribution in [0.1, 0.15) is 18.4 Å². The molecule has 1 aliphatic rings. The maximum atomic E-state index is 12.8. The van der Waals surface area contributed by atoms with Gasteiger partial charge in [-0.2, -0.15) is 17.5 Å². The molecule has 1 aliphatic heterocycles. The maximum Gasteiger partial charge on any atom is 0.417 e. The fraction of sp³-hybridized carbons (Fsp3) is 0.500. The number of nitrogens with zero attached hydrogens (tertiary/aromatic N) is 1. The molecular weight excluding hydrogens is 364 g/mol. The van der Waals surface area contributed by atoms with E-state index in [9.17, 15) is 21.6 Å². The molecule has 1 saturated heterocycles. The van der Waals surface area contributed by atoms with Crippen molar-refractivity contribution in [2.75, 3.05) is 13.1 Å². The summed E-state index contributed by atoms with van der Waals surface area (Å²) in [5.74, 6) is 0. The highest BCUT2D eigenvalue weighted by Gasteiger charge is 2.36. The number of alkyl halides is 3. The largest absolute Gasteiger partial charge is 0.417 e. The van der Waals surface area contributed by atoms with Crippen LogP contribution in [-0.4, -0.2) is 31.9 Å². The summed E-state index contributed by atoms with van der Waals surface area (Å²) in [5.41, 5.74) is 4.54. The lowest BCUT2D eigenvalue weighted by Crippen LogP contribution is -2.42. The normalized spacial score (nSPS) is 18.0. The molecule has 0 bridgehead atoms. The van der Waals surface area contributed by atoms with E-state index in [0.29, 0.717) is 18.9 Å². The first-order valence-corrected chi connectivity index (χ1v) is 8.06. The van der Waals surface area contributed by atoms with Crippen LogP contribution >= 0.6 is 24.0 Å². The van der Waals surface area contributed by atoms with Crippen LogP contribution in [0, 0.1) is 0 Å². The highest BCUT2D eigenvalue weighted by molar-refractivity contribution is 7.89. The second-order valence-electron chi connectivity index (χ2n) is 4.88. The van der Waals surface area contributed by atoms with E-state index in [0.717, 1.165) is 16.4 Å². The fourth-order valence-corrected chi connectivity index (χ4v) is 3.87. The van der Waals surface area contributed by atoms with E-state index in [1.807, 2.05) is 0 Å². The third-order valence-corrected chi connectivity index (χ3v) is 5.60. The van der Waals surface area contributed by atoms with Gasteiger partial charge < -0.3 is 5.73 Å². The van der Waals surface area contributed by atoms with Gasteiger partial charge in [0.05, 0.1) is 15.5 Å². The first kappa shape index (κ1) is 19.5. The van der Waals surface area contributed by atoms with Gasteiger partial charge in [-0.15, -0.1) is 12.4 Å². The molecular formula is C12H15Cl2F3N2O2S. The molecule has 0 atom stereocenters. The van der Waals surface area contributed by atoms with Gasteiger partial charge in [0, 0.05) is 19.1 Å². The van der Waals surface area contributed by atoms with E-state index in [4.69, 9.17) is 17.3 Å². The summed E-state index contributed by atoms with van der Waals surface area (Å²) >= 11 is 5.49. The van der Waals surface area contributed by atoms with Crippen LogP contribution in [0.25, 0.3) is 0 Å². The molecule has 0 saturated carbocycles. The summed E-state index contributed by atoms with van der Waals surface area (Å²) in [7, 11) is -3.97. The summed E-state index contributed by atoms with van der Waals surface area (Å²) in [5, 5.41) is -0.526. The monoisotopic (exact) mass is 378 g/mol. The smallest absolute Gasteiger partial charge is 0.328 e. The molecule has 10 heteroatoms. The van der Waals surface area contributed by atoms with Gasteiger partial charge in [0.25, 0.3) is 0 Å². The van der Waals surface area contributed by atoms with Gasteiger partial charge in [0.15, 0.2) is 0 Å². The van der Waals surface area contributed by atoms with Gasteiger partial charge >= 0.3 is 6.18 Å². The molecule has 4 nitrogen and oxygen atoms in total. The average Bonchev–Trinajstić information content (AvgIpc) is 2.38. The Hall–Kier alpha value is -0.540. The Morgan fingerprint density at radius 1 is 1.23 bits per heavy atom. The van der Waals surface area contributed by atoms with Crippen LogP contribution in [0.15, 0.2) is 23.1 Å². The van der Waals surface area contributed by atoms with Crippen molar-refractivity contribution < 1.29 is 21.6 Å². The van der Waals surface area contributed by atoms with E-state index < -0.39 is 31.7 Å². The van der Waals surface area contributed by atoms with Gasteiger partial charge in [-0.3, -0.25) is 0 Å². The number of benzene rings is 1. The number of halogens is 5. The van der Waals surface area contributed by atoms with Gasteiger partial charge in [-0.1, -0.05) is 11.6 Å². The van der Waals surface area contributed by atoms with Crippen molar-refractivity contribution >= 4 is 34.0 Å². The Morgan fingerprint density at radius 2 is 1.77 bits per heavy atom. The van der Waals surface area contributed by atoms with Crippen molar-refractivity contribution in [2.24, 2.45) is 5.73 Å². The van der Waals surface area contributed by atoms with Crippen molar-refractivity contribution in [3.8, 4) is 0 Å². The Kier molecular flexibility index (Phi) is 6.14. The van der Waals surface area contributed by atoms with E-state index in [1.54, 1.807) is 0 Å². The van der Waals surface area contributed by atoms with E-state index in [2.05, 4.69) is 0 Å². The van der Waals surface area contributed by atoms with Crippen LogP contribution in [0.4, 0.5) is 13.2 Å². The van der Waals surface area contributed by atoms with Crippen LogP contribution in [0.5, 0.6) is 0 Å². The molecule has 0 spiro atoms. The van der Waals surface area contributed by atoms with Crippen molar-refractivity contribution in [1.82, 2.24) is 4.31 Å². The van der Waals surface area contributed by atoms with Gasteiger partial charge in [-0.25, -0.2) is 8.42 Å². The number of sulfonamides is 1. The molecule has 1 heterocycles. The summed E-state index contributed by atoms with van der Waals surface area (Å²) < 4.78 is 64.3. The number of rotatable bonds is 2. The summed E-state index contributed by atoms with van der Waals surface area (Å²) in [6, 6.07) is 2.54. The van der Waals surface area contributed by atoms with E-state index in [1.165, 1.54) is 0 Å². The van der Waals surface area contributed by atoms with Gasteiger partial charge in [-0.05, 0) is 31.0 Å². The Morgan fingerprint density at radius 3 is 2.27 bits per heavy atom. The Labute approximate surface area is 137 Å². The quantitative estimate of drug-likeness (QED) is 0.860.